The van der Waals surface area contributed by atoms with Crippen molar-refractivity contribution < 1.29 is 9.53 Å². The van der Waals surface area contributed by atoms with E-state index >= 15 is 0 Å². The van der Waals surface area contributed by atoms with Crippen LogP contribution in [0.1, 0.15) is 26.7 Å². The van der Waals surface area contributed by atoms with Crippen molar-refractivity contribution in [3.63, 3.8) is 0 Å². The fraction of sp³-hybridized carbons (Fsp3) is 0.917. The summed E-state index contributed by atoms with van der Waals surface area (Å²) in [6.45, 7) is 7.37. The molecule has 0 saturated carbocycles. The molecule has 1 rings (SSSR count). The van der Waals surface area contributed by atoms with Gasteiger partial charge in [-0.3, -0.25) is 4.79 Å². The Labute approximate surface area is 98.3 Å². The first-order chi connectivity index (χ1) is 7.61. The molecular formula is C12H24N2O2. The lowest BCUT2D eigenvalue weighted by Gasteiger charge is -2.27. The minimum atomic E-state index is -0.280. The topological polar surface area (TPSA) is 41.6 Å². The van der Waals surface area contributed by atoms with Gasteiger partial charge in [0.25, 0.3) is 5.91 Å². The molecule has 94 valence electrons. The molecule has 0 radical (unpaired) electrons. The van der Waals surface area contributed by atoms with E-state index in [1.54, 1.807) is 4.90 Å². The molecule has 0 aliphatic carbocycles. The number of rotatable bonds is 5. The van der Waals surface area contributed by atoms with E-state index in [-0.39, 0.29) is 12.0 Å². The zero-order valence-corrected chi connectivity index (χ0v) is 10.7. The predicted octanol–water partition coefficient (Wildman–Crippen LogP) is 0.869. The van der Waals surface area contributed by atoms with Gasteiger partial charge in [0.2, 0.25) is 0 Å². The molecule has 1 fully saturated rings. The number of nitrogens with one attached hydrogen (secondary N) is 1. The van der Waals surface area contributed by atoms with Crippen molar-refractivity contribution in [2.75, 3.05) is 33.3 Å². The third-order valence-corrected chi connectivity index (χ3v) is 2.85. The van der Waals surface area contributed by atoms with E-state index in [1.807, 2.05) is 7.05 Å². The molecule has 1 saturated heterocycles. The molecule has 1 aliphatic heterocycles. The number of amides is 1. The summed E-state index contributed by atoms with van der Waals surface area (Å²) in [7, 11) is 1.86. The molecule has 1 aliphatic rings. The summed E-state index contributed by atoms with van der Waals surface area (Å²) in [4.78, 5) is 13.7. The Morgan fingerprint density at radius 2 is 2.31 bits per heavy atom. The highest BCUT2D eigenvalue weighted by Gasteiger charge is 2.24. The number of hydrogen-bond acceptors (Lipinski definition) is 3. The Morgan fingerprint density at radius 3 is 2.88 bits per heavy atom. The van der Waals surface area contributed by atoms with Crippen LogP contribution in [0.2, 0.25) is 0 Å². The van der Waals surface area contributed by atoms with Crippen molar-refractivity contribution in [2.24, 2.45) is 5.92 Å². The summed E-state index contributed by atoms with van der Waals surface area (Å²) < 4.78 is 5.43. The van der Waals surface area contributed by atoms with Crippen molar-refractivity contribution in [1.29, 1.82) is 0 Å². The molecule has 1 unspecified atom stereocenters. The third kappa shape index (κ3) is 4.49. The lowest BCUT2D eigenvalue weighted by Crippen LogP contribution is -2.48. The number of ether oxygens (including phenoxy) is 1. The Morgan fingerprint density at radius 1 is 1.56 bits per heavy atom. The number of nitrogens with zero attached hydrogens (tertiary/aromatic N) is 1. The van der Waals surface area contributed by atoms with Crippen molar-refractivity contribution in [1.82, 2.24) is 10.2 Å². The maximum absolute atomic E-state index is 11.9. The zero-order valence-electron chi connectivity index (χ0n) is 10.7. The minimum absolute atomic E-state index is 0.107. The number of hydrogen-bond donors (Lipinski definition) is 1. The van der Waals surface area contributed by atoms with Crippen LogP contribution in [0.15, 0.2) is 0 Å². The lowest BCUT2D eigenvalue weighted by molar-refractivity contribution is -0.143. The van der Waals surface area contributed by atoms with Crippen LogP contribution >= 0.6 is 0 Å². The highest BCUT2D eigenvalue weighted by molar-refractivity contribution is 5.81. The van der Waals surface area contributed by atoms with Crippen molar-refractivity contribution in [2.45, 2.75) is 32.8 Å². The number of carbonyl (C=O) groups is 1. The fourth-order valence-electron chi connectivity index (χ4n) is 1.82. The second-order valence-corrected chi connectivity index (χ2v) is 4.86. The molecule has 4 heteroatoms. The second kappa shape index (κ2) is 6.86. The Hall–Kier alpha value is -0.610. The van der Waals surface area contributed by atoms with Gasteiger partial charge in [0, 0.05) is 26.7 Å². The summed E-state index contributed by atoms with van der Waals surface area (Å²) in [5, 5.41) is 3.17. The number of morpholine rings is 1. The standard InChI is InChI=1S/C12H24N2O2/c1-10(2)5-4-7-14(3)12(15)11-9-13-6-8-16-11/h10-11,13H,4-9H2,1-3H3. The first-order valence-electron chi connectivity index (χ1n) is 6.18. The van der Waals surface area contributed by atoms with Gasteiger partial charge in [-0.25, -0.2) is 0 Å². The summed E-state index contributed by atoms with van der Waals surface area (Å²) >= 11 is 0. The molecule has 0 aromatic carbocycles. The molecule has 0 aromatic heterocycles. The monoisotopic (exact) mass is 228 g/mol. The SMILES string of the molecule is CC(C)CCCN(C)C(=O)C1CNCCO1. The van der Waals surface area contributed by atoms with Crippen LogP contribution in [-0.4, -0.2) is 50.2 Å². The summed E-state index contributed by atoms with van der Waals surface area (Å²) in [6, 6.07) is 0. The van der Waals surface area contributed by atoms with Crippen LogP contribution in [0, 0.1) is 5.92 Å². The van der Waals surface area contributed by atoms with Crippen LogP contribution in [0.3, 0.4) is 0 Å². The van der Waals surface area contributed by atoms with E-state index < -0.39 is 0 Å². The zero-order chi connectivity index (χ0) is 12.0. The van der Waals surface area contributed by atoms with Crippen molar-refractivity contribution in [3.8, 4) is 0 Å². The third-order valence-electron chi connectivity index (χ3n) is 2.85. The highest BCUT2D eigenvalue weighted by atomic mass is 16.5. The molecule has 1 N–H and O–H groups in total. The molecular weight excluding hydrogens is 204 g/mol. The Kier molecular flexibility index (Phi) is 5.77. The van der Waals surface area contributed by atoms with E-state index in [0.29, 0.717) is 19.1 Å². The molecule has 16 heavy (non-hydrogen) atoms. The molecule has 4 nitrogen and oxygen atoms in total. The van der Waals surface area contributed by atoms with Gasteiger partial charge >= 0.3 is 0 Å². The molecule has 0 aromatic rings. The molecule has 0 bridgehead atoms. The van der Waals surface area contributed by atoms with Crippen LogP contribution < -0.4 is 5.32 Å². The van der Waals surface area contributed by atoms with E-state index in [0.717, 1.165) is 19.5 Å². The maximum atomic E-state index is 11.9. The normalized spacial score (nSPS) is 21.1. The van der Waals surface area contributed by atoms with E-state index in [1.165, 1.54) is 6.42 Å². The molecule has 1 heterocycles. The molecule has 0 spiro atoms. The first kappa shape index (κ1) is 13.5. The second-order valence-electron chi connectivity index (χ2n) is 4.86. The highest BCUT2D eigenvalue weighted by Crippen LogP contribution is 2.06. The predicted molar refractivity (Wildman–Crippen MR) is 64.3 cm³/mol. The quantitative estimate of drug-likeness (QED) is 0.759. The summed E-state index contributed by atoms with van der Waals surface area (Å²) in [5.41, 5.74) is 0. The van der Waals surface area contributed by atoms with Gasteiger partial charge in [-0.05, 0) is 18.8 Å². The molecule has 1 amide bonds. The van der Waals surface area contributed by atoms with Crippen molar-refractivity contribution in [3.05, 3.63) is 0 Å². The largest absolute Gasteiger partial charge is 0.366 e. The van der Waals surface area contributed by atoms with Crippen LogP contribution in [-0.2, 0) is 9.53 Å². The minimum Gasteiger partial charge on any atom is -0.366 e. The van der Waals surface area contributed by atoms with E-state index in [2.05, 4.69) is 19.2 Å². The fourth-order valence-corrected chi connectivity index (χ4v) is 1.82. The first-order valence-corrected chi connectivity index (χ1v) is 6.18. The van der Waals surface area contributed by atoms with Gasteiger partial charge in [0.05, 0.1) is 6.61 Å². The van der Waals surface area contributed by atoms with Gasteiger partial charge in [0.15, 0.2) is 0 Å². The van der Waals surface area contributed by atoms with Gasteiger partial charge in [-0.1, -0.05) is 13.8 Å². The van der Waals surface area contributed by atoms with Gasteiger partial charge in [-0.2, -0.15) is 0 Å². The van der Waals surface area contributed by atoms with E-state index in [4.69, 9.17) is 4.74 Å². The number of likely N-dealkylation sites (N-methyl/N-ethyl adjacent to an activating group) is 1. The number of carbonyl (C=O) groups excluding carboxylic acids is 1. The van der Waals surface area contributed by atoms with Gasteiger partial charge < -0.3 is 15.0 Å². The van der Waals surface area contributed by atoms with Gasteiger partial charge in [-0.15, -0.1) is 0 Å². The van der Waals surface area contributed by atoms with Crippen molar-refractivity contribution >= 4 is 5.91 Å². The van der Waals surface area contributed by atoms with Crippen LogP contribution in [0.5, 0.6) is 0 Å². The molecule has 1 atom stereocenters. The maximum Gasteiger partial charge on any atom is 0.252 e. The average molecular weight is 228 g/mol. The lowest BCUT2D eigenvalue weighted by atomic mass is 10.1. The Balaban J connectivity index is 2.23. The van der Waals surface area contributed by atoms with Crippen LogP contribution in [0.25, 0.3) is 0 Å². The average Bonchev–Trinajstić information content (AvgIpc) is 2.28. The summed E-state index contributed by atoms with van der Waals surface area (Å²) in [6.07, 6.45) is 1.96. The van der Waals surface area contributed by atoms with E-state index in [9.17, 15) is 4.79 Å². The van der Waals surface area contributed by atoms with Crippen LogP contribution in [0.4, 0.5) is 0 Å². The Bertz CT molecular complexity index is 213. The smallest absolute Gasteiger partial charge is 0.252 e. The summed E-state index contributed by atoms with van der Waals surface area (Å²) in [5.74, 6) is 0.812. The van der Waals surface area contributed by atoms with Gasteiger partial charge in [0.1, 0.15) is 6.10 Å².